The number of esters is 1. The Morgan fingerprint density at radius 3 is 2.76 bits per heavy atom. The van der Waals surface area contributed by atoms with Gasteiger partial charge >= 0.3 is 11.9 Å². The van der Waals surface area contributed by atoms with Crippen LogP contribution in [0.15, 0.2) is 18.2 Å². The predicted octanol–water partition coefficient (Wildman–Crippen LogP) is 1.96. The molecule has 0 amide bonds. The number of fused-ring (bicyclic) bond motifs is 2. The predicted molar refractivity (Wildman–Crippen MR) is 105 cm³/mol. The summed E-state index contributed by atoms with van der Waals surface area (Å²) in [6.07, 6.45) is 4.18. The number of ether oxygens (including phenoxy) is 2. The summed E-state index contributed by atoms with van der Waals surface area (Å²) < 4.78 is 10.7. The number of aliphatic hydroxyl groups is 2. The first-order chi connectivity index (χ1) is 14.0. The van der Waals surface area contributed by atoms with Crippen LogP contribution in [-0.4, -0.2) is 53.2 Å². The fourth-order valence-corrected chi connectivity index (χ4v) is 4.88. The number of carbonyl (C=O) groups is 2. The van der Waals surface area contributed by atoms with Crippen LogP contribution in [0, 0.1) is 17.8 Å². The van der Waals surface area contributed by atoms with Crippen molar-refractivity contribution in [3.8, 4) is 5.75 Å². The number of carboxylic acid groups (broad SMARTS) is 1. The fraction of sp³-hybridized carbons (Fsp3) is 0.636. The Hall–Kier alpha value is -2.12. The van der Waals surface area contributed by atoms with Gasteiger partial charge in [0, 0.05) is 13.0 Å². The maximum Gasteiger partial charge on any atom is 0.341 e. The average Bonchev–Trinajstić information content (AvgIpc) is 3.00. The molecule has 0 heterocycles. The zero-order valence-corrected chi connectivity index (χ0v) is 16.6. The van der Waals surface area contributed by atoms with Crippen LogP contribution in [0.2, 0.25) is 0 Å². The van der Waals surface area contributed by atoms with Gasteiger partial charge in [0.15, 0.2) is 6.61 Å². The lowest BCUT2D eigenvalue weighted by molar-refractivity contribution is -0.144. The minimum Gasteiger partial charge on any atom is -0.482 e. The normalized spacial score (nSPS) is 25.2. The van der Waals surface area contributed by atoms with Crippen LogP contribution >= 0.6 is 0 Å². The van der Waals surface area contributed by atoms with Gasteiger partial charge < -0.3 is 24.8 Å². The summed E-state index contributed by atoms with van der Waals surface area (Å²) in [6, 6.07) is 5.77. The van der Waals surface area contributed by atoms with Gasteiger partial charge in [-0.05, 0) is 73.5 Å². The Bertz CT molecular complexity index is 717. The van der Waals surface area contributed by atoms with E-state index in [2.05, 4.69) is 6.07 Å². The summed E-state index contributed by atoms with van der Waals surface area (Å²) >= 11 is 0. The molecule has 1 unspecified atom stereocenters. The van der Waals surface area contributed by atoms with E-state index in [9.17, 15) is 14.7 Å². The molecule has 7 nitrogen and oxygen atoms in total. The molecule has 4 atom stereocenters. The van der Waals surface area contributed by atoms with Crippen molar-refractivity contribution < 1.29 is 34.4 Å². The van der Waals surface area contributed by atoms with Gasteiger partial charge in [0.05, 0.1) is 12.7 Å². The minimum absolute atomic E-state index is 0.0169. The van der Waals surface area contributed by atoms with Crippen molar-refractivity contribution in [1.29, 1.82) is 0 Å². The molecule has 0 bridgehead atoms. The second kappa shape index (κ2) is 10.1. The Morgan fingerprint density at radius 2 is 2.00 bits per heavy atom. The van der Waals surface area contributed by atoms with Crippen LogP contribution in [0.4, 0.5) is 0 Å². The highest BCUT2D eigenvalue weighted by Crippen LogP contribution is 2.48. The molecule has 1 saturated carbocycles. The molecule has 1 fully saturated rings. The molecule has 1 aromatic rings. The Balaban J connectivity index is 1.56. The zero-order valence-electron chi connectivity index (χ0n) is 16.6. The molecule has 160 valence electrons. The monoisotopic (exact) mass is 406 g/mol. The average molecular weight is 406 g/mol. The fourth-order valence-electron chi connectivity index (χ4n) is 4.88. The molecule has 2 aliphatic rings. The van der Waals surface area contributed by atoms with Gasteiger partial charge in [-0.3, -0.25) is 4.79 Å². The number of carbonyl (C=O) groups excluding carboxylic acids is 1. The van der Waals surface area contributed by atoms with Gasteiger partial charge in [0.25, 0.3) is 0 Å². The zero-order chi connectivity index (χ0) is 20.8. The highest BCUT2D eigenvalue weighted by atomic mass is 16.5. The molecule has 2 aliphatic carbocycles. The molecule has 3 rings (SSSR count). The van der Waals surface area contributed by atoms with E-state index in [0.717, 1.165) is 31.2 Å². The van der Waals surface area contributed by atoms with Crippen molar-refractivity contribution in [2.75, 3.05) is 19.8 Å². The first-order valence-corrected chi connectivity index (χ1v) is 10.4. The van der Waals surface area contributed by atoms with E-state index in [0.29, 0.717) is 37.0 Å². The third-order valence-corrected chi connectivity index (χ3v) is 6.18. The largest absolute Gasteiger partial charge is 0.482 e. The number of benzene rings is 1. The molecule has 3 N–H and O–H groups in total. The van der Waals surface area contributed by atoms with Gasteiger partial charge in [0.1, 0.15) is 5.75 Å². The van der Waals surface area contributed by atoms with Gasteiger partial charge in [0.2, 0.25) is 0 Å². The van der Waals surface area contributed by atoms with Gasteiger partial charge in [-0.15, -0.1) is 0 Å². The molecule has 0 spiro atoms. The first kappa shape index (κ1) is 21.6. The molecule has 0 aromatic heterocycles. The Labute approximate surface area is 170 Å². The molecule has 7 heteroatoms. The van der Waals surface area contributed by atoms with Crippen molar-refractivity contribution in [3.05, 3.63) is 29.3 Å². The smallest absolute Gasteiger partial charge is 0.341 e. The van der Waals surface area contributed by atoms with E-state index < -0.39 is 5.97 Å². The van der Waals surface area contributed by atoms with E-state index in [1.807, 2.05) is 12.1 Å². The van der Waals surface area contributed by atoms with Crippen molar-refractivity contribution in [2.24, 2.45) is 17.8 Å². The standard InChI is InChI=1S/C22H30O7/c23-8-2-7-22(27)28-9-3-5-16-17-10-14-4-1-6-20(29-13-21(25)26)18(14)11-15(17)12-19(16)24/h1,4,6,15-17,19,23-24H,2-3,5,7-13H2,(H,25,26)/t15?,16-,17+,19-/m1/s1. The molecule has 29 heavy (non-hydrogen) atoms. The number of rotatable bonds is 10. The number of hydrogen-bond donors (Lipinski definition) is 3. The third kappa shape index (κ3) is 5.48. The summed E-state index contributed by atoms with van der Waals surface area (Å²) in [5, 5.41) is 28.2. The van der Waals surface area contributed by atoms with E-state index in [4.69, 9.17) is 19.7 Å². The van der Waals surface area contributed by atoms with Crippen molar-refractivity contribution in [2.45, 2.75) is 51.0 Å². The van der Waals surface area contributed by atoms with Crippen LogP contribution in [0.25, 0.3) is 0 Å². The quantitative estimate of drug-likeness (QED) is 0.402. The Kier molecular flexibility index (Phi) is 7.50. The third-order valence-electron chi connectivity index (χ3n) is 6.18. The molecular weight excluding hydrogens is 376 g/mol. The first-order valence-electron chi connectivity index (χ1n) is 10.4. The number of aliphatic carboxylic acids is 1. The van der Waals surface area contributed by atoms with E-state index >= 15 is 0 Å². The number of carboxylic acids is 1. The molecule has 0 aliphatic heterocycles. The second-order valence-corrected chi connectivity index (χ2v) is 8.07. The second-order valence-electron chi connectivity index (χ2n) is 8.07. The summed E-state index contributed by atoms with van der Waals surface area (Å²) in [5.74, 6) is 0.250. The van der Waals surface area contributed by atoms with Crippen molar-refractivity contribution >= 4 is 11.9 Å². The SMILES string of the molecule is O=C(O)COc1cccc2c1CC1C[C@@H](O)[C@H](CCCOC(=O)CCCO)[C@H]1C2. The number of aliphatic hydroxyl groups excluding tert-OH is 2. The summed E-state index contributed by atoms with van der Waals surface area (Å²) in [7, 11) is 0. The van der Waals surface area contributed by atoms with Gasteiger partial charge in [-0.2, -0.15) is 0 Å². The number of hydrogen-bond acceptors (Lipinski definition) is 6. The summed E-state index contributed by atoms with van der Waals surface area (Å²) in [5.41, 5.74) is 2.24. The van der Waals surface area contributed by atoms with Gasteiger partial charge in [-0.25, -0.2) is 4.79 Å². The van der Waals surface area contributed by atoms with Crippen molar-refractivity contribution in [3.63, 3.8) is 0 Å². The van der Waals surface area contributed by atoms with E-state index in [-0.39, 0.29) is 37.6 Å². The molecular formula is C22H30O7. The van der Waals surface area contributed by atoms with Crippen LogP contribution in [0.5, 0.6) is 5.75 Å². The van der Waals surface area contributed by atoms with Crippen molar-refractivity contribution in [1.82, 2.24) is 0 Å². The lowest BCUT2D eigenvalue weighted by Gasteiger charge is -2.32. The lowest BCUT2D eigenvalue weighted by atomic mass is 9.73. The Morgan fingerprint density at radius 1 is 1.17 bits per heavy atom. The van der Waals surface area contributed by atoms with Crippen LogP contribution in [0.3, 0.4) is 0 Å². The topological polar surface area (TPSA) is 113 Å². The van der Waals surface area contributed by atoms with Gasteiger partial charge in [-0.1, -0.05) is 12.1 Å². The lowest BCUT2D eigenvalue weighted by Crippen LogP contribution is -2.27. The van der Waals surface area contributed by atoms with Crippen LogP contribution in [-0.2, 0) is 27.2 Å². The van der Waals surface area contributed by atoms with E-state index in [1.165, 1.54) is 5.56 Å². The molecule has 0 radical (unpaired) electrons. The molecule has 1 aromatic carbocycles. The highest BCUT2D eigenvalue weighted by Gasteiger charge is 2.44. The maximum absolute atomic E-state index is 11.5. The van der Waals surface area contributed by atoms with Crippen LogP contribution in [0.1, 0.15) is 43.2 Å². The maximum atomic E-state index is 11.5. The minimum atomic E-state index is -0.996. The summed E-state index contributed by atoms with van der Waals surface area (Å²) in [4.78, 5) is 22.4. The van der Waals surface area contributed by atoms with E-state index in [1.54, 1.807) is 0 Å². The molecule has 0 saturated heterocycles. The highest BCUT2D eigenvalue weighted by molar-refractivity contribution is 5.69. The van der Waals surface area contributed by atoms with Crippen LogP contribution < -0.4 is 4.74 Å². The summed E-state index contributed by atoms with van der Waals surface area (Å²) in [6.45, 7) is -0.0293.